The van der Waals surface area contributed by atoms with Crippen LogP contribution in [0.3, 0.4) is 0 Å². The lowest BCUT2D eigenvalue weighted by Gasteiger charge is -2.09. The molecular formula is C14H12N4. The van der Waals surface area contributed by atoms with Crippen molar-refractivity contribution >= 4 is 28.1 Å². The normalized spacial score (nSPS) is 10.4. The molecule has 0 aliphatic heterocycles. The first-order chi connectivity index (χ1) is 8.83. The largest absolute Gasteiger partial charge is 0.384 e. The Hall–Kier alpha value is -2.62. The van der Waals surface area contributed by atoms with E-state index in [9.17, 15) is 0 Å². The van der Waals surface area contributed by atoms with Gasteiger partial charge in [0, 0.05) is 29.5 Å². The Labute approximate surface area is 104 Å². The van der Waals surface area contributed by atoms with Crippen LogP contribution in [0.5, 0.6) is 0 Å². The average Bonchev–Trinajstić information content (AvgIpc) is 2.39. The lowest BCUT2D eigenvalue weighted by Crippen LogP contribution is -1.95. The van der Waals surface area contributed by atoms with E-state index in [1.165, 1.54) is 0 Å². The third-order valence-electron chi connectivity index (χ3n) is 2.69. The van der Waals surface area contributed by atoms with Crippen LogP contribution >= 0.6 is 0 Å². The molecule has 0 aliphatic carbocycles. The van der Waals surface area contributed by atoms with Gasteiger partial charge in [0.15, 0.2) is 0 Å². The lowest BCUT2D eigenvalue weighted by atomic mass is 10.2. The highest BCUT2D eigenvalue weighted by molar-refractivity contribution is 5.91. The number of rotatable bonds is 2. The second-order valence-corrected chi connectivity index (χ2v) is 3.98. The minimum Gasteiger partial charge on any atom is -0.384 e. The second kappa shape index (κ2) is 4.33. The molecule has 0 spiro atoms. The molecule has 4 heteroatoms. The highest BCUT2D eigenvalue weighted by atomic mass is 14.9. The van der Waals surface area contributed by atoms with E-state index in [4.69, 9.17) is 5.73 Å². The fraction of sp³-hybridized carbons (Fsp3) is 0. The molecule has 2 aromatic heterocycles. The molecule has 0 unspecified atom stereocenters. The molecule has 0 saturated heterocycles. The molecule has 2 heterocycles. The van der Waals surface area contributed by atoms with E-state index < -0.39 is 0 Å². The average molecular weight is 236 g/mol. The van der Waals surface area contributed by atoms with Gasteiger partial charge in [-0.1, -0.05) is 18.2 Å². The molecule has 1 aromatic carbocycles. The number of benzene rings is 1. The summed E-state index contributed by atoms with van der Waals surface area (Å²) < 4.78 is 0. The zero-order chi connectivity index (χ0) is 12.4. The predicted molar refractivity (Wildman–Crippen MR) is 73.7 cm³/mol. The molecule has 0 amide bonds. The van der Waals surface area contributed by atoms with Crippen molar-refractivity contribution in [1.29, 1.82) is 0 Å². The van der Waals surface area contributed by atoms with E-state index in [2.05, 4.69) is 15.3 Å². The summed E-state index contributed by atoms with van der Waals surface area (Å²) >= 11 is 0. The number of hydrogen-bond donors (Lipinski definition) is 2. The minimum atomic E-state index is 0.494. The maximum Gasteiger partial charge on any atom is 0.125 e. The zero-order valence-electron chi connectivity index (χ0n) is 9.67. The number of hydrogen-bond acceptors (Lipinski definition) is 4. The summed E-state index contributed by atoms with van der Waals surface area (Å²) in [6.45, 7) is 0. The maximum absolute atomic E-state index is 5.66. The predicted octanol–water partition coefficient (Wildman–Crippen LogP) is 2.96. The molecule has 0 aliphatic rings. The monoisotopic (exact) mass is 236 g/mol. The standard InChI is InChI=1S/C14H12N4/c15-13-9-11(6-8-16-13)18-12-5-1-3-10-4-2-7-17-14(10)12/h1-9H,(H3,15,16,18). The molecule has 3 rings (SSSR count). The SMILES string of the molecule is Nc1cc(Nc2cccc3cccnc23)ccn1. The molecular weight excluding hydrogens is 224 g/mol. The van der Waals surface area contributed by atoms with E-state index in [-0.39, 0.29) is 0 Å². The van der Waals surface area contributed by atoms with Crippen molar-refractivity contribution < 1.29 is 0 Å². The molecule has 0 atom stereocenters. The minimum absolute atomic E-state index is 0.494. The summed E-state index contributed by atoms with van der Waals surface area (Å²) in [5, 5.41) is 4.41. The quantitative estimate of drug-likeness (QED) is 0.718. The van der Waals surface area contributed by atoms with E-state index in [1.807, 2.05) is 36.4 Å². The van der Waals surface area contributed by atoms with Crippen molar-refractivity contribution in [3.05, 3.63) is 54.9 Å². The van der Waals surface area contributed by atoms with Crippen LogP contribution in [0.2, 0.25) is 0 Å². The first kappa shape index (κ1) is 10.5. The molecule has 0 fully saturated rings. The molecule has 88 valence electrons. The molecule has 18 heavy (non-hydrogen) atoms. The van der Waals surface area contributed by atoms with Gasteiger partial charge in [0.25, 0.3) is 0 Å². The second-order valence-electron chi connectivity index (χ2n) is 3.98. The fourth-order valence-corrected chi connectivity index (χ4v) is 1.89. The molecule has 0 radical (unpaired) electrons. The van der Waals surface area contributed by atoms with Gasteiger partial charge in [-0.3, -0.25) is 4.98 Å². The van der Waals surface area contributed by atoms with Crippen LogP contribution in [-0.2, 0) is 0 Å². The fourth-order valence-electron chi connectivity index (χ4n) is 1.89. The Morgan fingerprint density at radius 2 is 1.83 bits per heavy atom. The summed E-state index contributed by atoms with van der Waals surface area (Å²) in [4.78, 5) is 8.36. The van der Waals surface area contributed by atoms with Crippen LogP contribution < -0.4 is 11.1 Å². The Balaban J connectivity index is 2.05. The Morgan fingerprint density at radius 3 is 2.72 bits per heavy atom. The van der Waals surface area contributed by atoms with Crippen LogP contribution in [0.25, 0.3) is 10.9 Å². The van der Waals surface area contributed by atoms with E-state index >= 15 is 0 Å². The summed E-state index contributed by atoms with van der Waals surface area (Å²) in [6.07, 6.45) is 3.46. The van der Waals surface area contributed by atoms with Crippen LogP contribution in [0, 0.1) is 0 Å². The van der Waals surface area contributed by atoms with Crippen molar-refractivity contribution in [2.45, 2.75) is 0 Å². The van der Waals surface area contributed by atoms with Crippen molar-refractivity contribution in [3.8, 4) is 0 Å². The summed E-state index contributed by atoms with van der Waals surface area (Å²) in [5.74, 6) is 0.494. The Kier molecular flexibility index (Phi) is 2.53. The molecule has 3 aromatic rings. The number of nitrogen functional groups attached to an aromatic ring is 1. The van der Waals surface area contributed by atoms with Gasteiger partial charge >= 0.3 is 0 Å². The van der Waals surface area contributed by atoms with Crippen molar-refractivity contribution in [1.82, 2.24) is 9.97 Å². The molecule has 0 bridgehead atoms. The summed E-state index contributed by atoms with van der Waals surface area (Å²) in [7, 11) is 0. The van der Waals surface area contributed by atoms with Crippen LogP contribution in [0.4, 0.5) is 17.2 Å². The number of nitrogens with zero attached hydrogens (tertiary/aromatic N) is 2. The van der Waals surface area contributed by atoms with Crippen molar-refractivity contribution in [2.24, 2.45) is 0 Å². The van der Waals surface area contributed by atoms with Crippen molar-refractivity contribution in [2.75, 3.05) is 11.1 Å². The van der Waals surface area contributed by atoms with Gasteiger partial charge in [-0.05, 0) is 18.2 Å². The van der Waals surface area contributed by atoms with E-state index in [0.717, 1.165) is 22.3 Å². The van der Waals surface area contributed by atoms with Crippen LogP contribution in [0.15, 0.2) is 54.9 Å². The zero-order valence-corrected chi connectivity index (χ0v) is 9.67. The van der Waals surface area contributed by atoms with Gasteiger partial charge in [-0.25, -0.2) is 4.98 Å². The van der Waals surface area contributed by atoms with E-state index in [0.29, 0.717) is 5.82 Å². The number of aromatic nitrogens is 2. The topological polar surface area (TPSA) is 63.8 Å². The molecule has 3 N–H and O–H groups in total. The van der Waals surface area contributed by atoms with Gasteiger partial charge < -0.3 is 11.1 Å². The van der Waals surface area contributed by atoms with Gasteiger partial charge in [-0.15, -0.1) is 0 Å². The molecule has 0 saturated carbocycles. The van der Waals surface area contributed by atoms with Gasteiger partial charge in [-0.2, -0.15) is 0 Å². The Morgan fingerprint density at radius 1 is 0.944 bits per heavy atom. The number of nitrogens with one attached hydrogen (secondary N) is 1. The number of para-hydroxylation sites is 1. The highest BCUT2D eigenvalue weighted by Gasteiger charge is 2.02. The summed E-state index contributed by atoms with van der Waals surface area (Å²) in [6, 6.07) is 13.7. The molecule has 4 nitrogen and oxygen atoms in total. The summed E-state index contributed by atoms with van der Waals surface area (Å²) in [5.41, 5.74) is 8.46. The lowest BCUT2D eigenvalue weighted by molar-refractivity contribution is 1.33. The van der Waals surface area contributed by atoms with Gasteiger partial charge in [0.2, 0.25) is 0 Å². The number of nitrogens with two attached hydrogens (primary N) is 1. The van der Waals surface area contributed by atoms with Crippen LogP contribution in [-0.4, -0.2) is 9.97 Å². The third kappa shape index (κ3) is 1.96. The van der Waals surface area contributed by atoms with Gasteiger partial charge in [0.05, 0.1) is 11.2 Å². The number of pyridine rings is 2. The smallest absolute Gasteiger partial charge is 0.125 e. The van der Waals surface area contributed by atoms with E-state index in [1.54, 1.807) is 18.5 Å². The first-order valence-electron chi connectivity index (χ1n) is 5.65. The van der Waals surface area contributed by atoms with Crippen LogP contribution in [0.1, 0.15) is 0 Å². The maximum atomic E-state index is 5.66. The van der Waals surface area contributed by atoms with Gasteiger partial charge in [0.1, 0.15) is 5.82 Å². The third-order valence-corrected chi connectivity index (χ3v) is 2.69. The highest BCUT2D eigenvalue weighted by Crippen LogP contribution is 2.24. The first-order valence-corrected chi connectivity index (χ1v) is 5.65. The Bertz CT molecular complexity index is 689. The number of fused-ring (bicyclic) bond motifs is 1. The van der Waals surface area contributed by atoms with Crippen molar-refractivity contribution in [3.63, 3.8) is 0 Å². The number of anilines is 3.